The Balaban J connectivity index is 1.64. The number of aryl methyl sites for hydroxylation is 1. The second kappa shape index (κ2) is 7.49. The molecular formula is C20H24N2O2. The average Bonchev–Trinajstić information content (AvgIpc) is 3.09. The summed E-state index contributed by atoms with van der Waals surface area (Å²) in [5.74, 6) is 1.21. The molecule has 1 heterocycles. The lowest BCUT2D eigenvalue weighted by atomic mass is 10.1. The SMILES string of the molecule is Cc1cccc(COc2cccc(C(=O)N3CC[C@@H](CN)C3)c2)c1. The van der Waals surface area contributed by atoms with Gasteiger partial charge in [-0.3, -0.25) is 4.79 Å². The van der Waals surface area contributed by atoms with Crippen LogP contribution in [0.3, 0.4) is 0 Å². The van der Waals surface area contributed by atoms with E-state index in [0.717, 1.165) is 30.8 Å². The zero-order valence-electron chi connectivity index (χ0n) is 14.1. The van der Waals surface area contributed by atoms with Crippen LogP contribution >= 0.6 is 0 Å². The highest BCUT2D eigenvalue weighted by Gasteiger charge is 2.26. The number of rotatable bonds is 5. The molecule has 0 spiro atoms. The van der Waals surface area contributed by atoms with E-state index in [9.17, 15) is 4.79 Å². The van der Waals surface area contributed by atoms with Crippen molar-refractivity contribution in [1.29, 1.82) is 0 Å². The first kappa shape index (κ1) is 16.5. The number of amides is 1. The quantitative estimate of drug-likeness (QED) is 0.920. The van der Waals surface area contributed by atoms with Gasteiger partial charge in [-0.1, -0.05) is 35.9 Å². The summed E-state index contributed by atoms with van der Waals surface area (Å²) >= 11 is 0. The first-order chi connectivity index (χ1) is 11.7. The first-order valence-electron chi connectivity index (χ1n) is 8.43. The Morgan fingerprint density at radius 3 is 2.83 bits per heavy atom. The highest BCUT2D eigenvalue weighted by Crippen LogP contribution is 2.21. The van der Waals surface area contributed by atoms with Crippen molar-refractivity contribution in [1.82, 2.24) is 4.90 Å². The van der Waals surface area contributed by atoms with E-state index in [4.69, 9.17) is 10.5 Å². The Morgan fingerprint density at radius 2 is 2.08 bits per heavy atom. The van der Waals surface area contributed by atoms with E-state index < -0.39 is 0 Å². The zero-order chi connectivity index (χ0) is 16.9. The molecule has 1 fully saturated rings. The maximum absolute atomic E-state index is 12.6. The van der Waals surface area contributed by atoms with E-state index in [1.54, 1.807) is 0 Å². The van der Waals surface area contributed by atoms with E-state index in [-0.39, 0.29) is 5.91 Å². The Hall–Kier alpha value is -2.33. The van der Waals surface area contributed by atoms with Crippen LogP contribution in [0.5, 0.6) is 5.75 Å². The molecule has 0 saturated carbocycles. The van der Waals surface area contributed by atoms with Gasteiger partial charge in [0.1, 0.15) is 12.4 Å². The maximum Gasteiger partial charge on any atom is 0.253 e. The summed E-state index contributed by atoms with van der Waals surface area (Å²) in [6, 6.07) is 15.7. The maximum atomic E-state index is 12.6. The largest absolute Gasteiger partial charge is 0.489 e. The van der Waals surface area contributed by atoms with Gasteiger partial charge in [0.2, 0.25) is 0 Å². The van der Waals surface area contributed by atoms with Crippen LogP contribution in [0.1, 0.15) is 27.9 Å². The number of likely N-dealkylation sites (tertiary alicyclic amines) is 1. The summed E-state index contributed by atoms with van der Waals surface area (Å²) in [7, 11) is 0. The van der Waals surface area contributed by atoms with Crippen LogP contribution in [0, 0.1) is 12.8 Å². The Kier molecular flexibility index (Phi) is 5.16. The molecule has 0 unspecified atom stereocenters. The van der Waals surface area contributed by atoms with E-state index in [1.807, 2.05) is 41.3 Å². The van der Waals surface area contributed by atoms with Crippen LogP contribution < -0.4 is 10.5 Å². The number of nitrogens with two attached hydrogens (primary N) is 1. The lowest BCUT2D eigenvalue weighted by Gasteiger charge is -2.17. The lowest BCUT2D eigenvalue weighted by Crippen LogP contribution is -2.29. The van der Waals surface area contributed by atoms with Gasteiger partial charge in [0.25, 0.3) is 5.91 Å². The van der Waals surface area contributed by atoms with Crippen molar-refractivity contribution < 1.29 is 9.53 Å². The smallest absolute Gasteiger partial charge is 0.253 e. The fourth-order valence-corrected chi connectivity index (χ4v) is 3.08. The standard InChI is InChI=1S/C20H24N2O2/c1-15-4-2-5-16(10-15)14-24-19-7-3-6-18(11-19)20(23)22-9-8-17(12-21)13-22/h2-7,10-11,17H,8-9,12-14,21H2,1H3/t17-/m0/s1. The molecule has 0 radical (unpaired) electrons. The highest BCUT2D eigenvalue weighted by molar-refractivity contribution is 5.94. The molecule has 2 N–H and O–H groups in total. The molecule has 2 aromatic carbocycles. The normalized spacial score (nSPS) is 17.1. The summed E-state index contributed by atoms with van der Waals surface area (Å²) < 4.78 is 5.85. The first-order valence-corrected chi connectivity index (χ1v) is 8.43. The molecule has 4 nitrogen and oxygen atoms in total. The molecular weight excluding hydrogens is 300 g/mol. The number of benzene rings is 2. The number of nitrogens with zero attached hydrogens (tertiary/aromatic N) is 1. The van der Waals surface area contributed by atoms with Crippen molar-refractivity contribution in [2.24, 2.45) is 11.7 Å². The minimum absolute atomic E-state index is 0.0620. The van der Waals surface area contributed by atoms with Crippen LogP contribution in [0.4, 0.5) is 0 Å². The van der Waals surface area contributed by atoms with Gasteiger partial charge < -0.3 is 15.4 Å². The molecule has 2 aromatic rings. The van der Waals surface area contributed by atoms with Crippen molar-refractivity contribution in [2.45, 2.75) is 20.0 Å². The van der Waals surface area contributed by atoms with Crippen LogP contribution in [0.2, 0.25) is 0 Å². The van der Waals surface area contributed by atoms with Crippen LogP contribution in [0.25, 0.3) is 0 Å². The Morgan fingerprint density at radius 1 is 1.25 bits per heavy atom. The third-order valence-corrected chi connectivity index (χ3v) is 4.48. The summed E-state index contributed by atoms with van der Waals surface area (Å²) in [6.07, 6.45) is 0.992. The second-order valence-corrected chi connectivity index (χ2v) is 6.45. The molecule has 0 aliphatic carbocycles. The van der Waals surface area contributed by atoms with Gasteiger partial charge in [0.05, 0.1) is 0 Å². The third-order valence-electron chi connectivity index (χ3n) is 4.48. The van der Waals surface area contributed by atoms with E-state index in [1.165, 1.54) is 5.56 Å². The number of carbonyl (C=O) groups is 1. The fourth-order valence-electron chi connectivity index (χ4n) is 3.08. The van der Waals surface area contributed by atoms with Gasteiger partial charge in [0.15, 0.2) is 0 Å². The van der Waals surface area contributed by atoms with Gasteiger partial charge >= 0.3 is 0 Å². The van der Waals surface area contributed by atoms with Gasteiger partial charge in [-0.05, 0) is 49.6 Å². The van der Waals surface area contributed by atoms with E-state index >= 15 is 0 Å². The molecule has 1 aliphatic heterocycles. The fraction of sp³-hybridized carbons (Fsp3) is 0.350. The van der Waals surface area contributed by atoms with Crippen molar-refractivity contribution >= 4 is 5.91 Å². The number of hydrogen-bond acceptors (Lipinski definition) is 3. The van der Waals surface area contributed by atoms with Crippen molar-refractivity contribution in [2.75, 3.05) is 19.6 Å². The lowest BCUT2D eigenvalue weighted by molar-refractivity contribution is 0.0787. The molecule has 1 aliphatic rings. The Bertz CT molecular complexity index is 714. The molecule has 3 rings (SSSR count). The van der Waals surface area contributed by atoms with Gasteiger partial charge in [-0.2, -0.15) is 0 Å². The van der Waals surface area contributed by atoms with Crippen molar-refractivity contribution in [3.8, 4) is 5.75 Å². The predicted molar refractivity (Wildman–Crippen MR) is 95.0 cm³/mol. The molecule has 1 saturated heterocycles. The summed E-state index contributed by atoms with van der Waals surface area (Å²) in [6.45, 7) is 4.74. The van der Waals surface area contributed by atoms with E-state index in [2.05, 4.69) is 19.1 Å². The summed E-state index contributed by atoms with van der Waals surface area (Å²) in [5.41, 5.74) is 8.72. The summed E-state index contributed by atoms with van der Waals surface area (Å²) in [4.78, 5) is 14.5. The number of carbonyl (C=O) groups excluding carboxylic acids is 1. The van der Waals surface area contributed by atoms with Gasteiger partial charge in [0, 0.05) is 18.7 Å². The van der Waals surface area contributed by atoms with Crippen LogP contribution in [-0.4, -0.2) is 30.4 Å². The molecule has 0 bridgehead atoms. The van der Waals surface area contributed by atoms with Crippen LogP contribution in [-0.2, 0) is 6.61 Å². The molecule has 4 heteroatoms. The molecule has 24 heavy (non-hydrogen) atoms. The molecule has 1 amide bonds. The van der Waals surface area contributed by atoms with Crippen LogP contribution in [0.15, 0.2) is 48.5 Å². The number of ether oxygens (including phenoxy) is 1. The van der Waals surface area contributed by atoms with E-state index in [0.29, 0.717) is 24.6 Å². The molecule has 0 aromatic heterocycles. The highest BCUT2D eigenvalue weighted by atomic mass is 16.5. The molecule has 126 valence electrons. The number of hydrogen-bond donors (Lipinski definition) is 1. The topological polar surface area (TPSA) is 55.6 Å². The predicted octanol–water partition coefficient (Wildman–Crippen LogP) is 2.99. The third kappa shape index (κ3) is 3.95. The van der Waals surface area contributed by atoms with Gasteiger partial charge in [-0.15, -0.1) is 0 Å². The minimum atomic E-state index is 0.0620. The minimum Gasteiger partial charge on any atom is -0.489 e. The second-order valence-electron chi connectivity index (χ2n) is 6.45. The summed E-state index contributed by atoms with van der Waals surface area (Å²) in [5, 5.41) is 0. The van der Waals surface area contributed by atoms with Gasteiger partial charge in [-0.25, -0.2) is 0 Å². The molecule has 1 atom stereocenters. The zero-order valence-corrected chi connectivity index (χ0v) is 14.1. The monoisotopic (exact) mass is 324 g/mol. The van der Waals surface area contributed by atoms with Crippen molar-refractivity contribution in [3.63, 3.8) is 0 Å². The average molecular weight is 324 g/mol. The van der Waals surface area contributed by atoms with Crippen molar-refractivity contribution in [3.05, 3.63) is 65.2 Å². The Labute approximate surface area is 143 Å².